The Labute approximate surface area is 167 Å². The summed E-state index contributed by atoms with van der Waals surface area (Å²) in [6, 6.07) is 13.3. The van der Waals surface area contributed by atoms with E-state index in [2.05, 4.69) is 0 Å². The van der Waals surface area contributed by atoms with E-state index in [9.17, 15) is 14.0 Å². The Morgan fingerprint density at radius 2 is 1.97 bits per heavy atom. The molecule has 3 aromatic rings. The number of methoxy groups -OCH3 is 1. The lowest BCUT2D eigenvalue weighted by Crippen LogP contribution is -2.36. The van der Waals surface area contributed by atoms with E-state index >= 15 is 0 Å². The van der Waals surface area contributed by atoms with E-state index in [1.165, 1.54) is 19.2 Å². The quantitative estimate of drug-likeness (QED) is 0.619. The molecule has 0 bridgehead atoms. The molecule has 2 heterocycles. The molecule has 0 N–H and O–H groups in total. The van der Waals surface area contributed by atoms with Gasteiger partial charge in [0.25, 0.3) is 5.91 Å². The third-order valence-corrected chi connectivity index (χ3v) is 5.47. The van der Waals surface area contributed by atoms with Crippen molar-refractivity contribution in [1.29, 1.82) is 0 Å². The number of likely N-dealkylation sites (tertiary alicyclic amines) is 1. The molecule has 0 spiro atoms. The molecule has 1 atom stereocenters. The Bertz CT molecular complexity index is 1090. The summed E-state index contributed by atoms with van der Waals surface area (Å²) < 4.78 is 23.9. The normalized spacial score (nSPS) is 17.2. The average Bonchev–Trinajstić information content (AvgIpc) is 2.99. The molecular formula is C23H22FNO4. The Kier molecular flexibility index (Phi) is 5.34. The predicted molar refractivity (Wildman–Crippen MR) is 108 cm³/mol. The first kappa shape index (κ1) is 19.2. The van der Waals surface area contributed by atoms with Gasteiger partial charge in [0.1, 0.15) is 11.4 Å². The summed E-state index contributed by atoms with van der Waals surface area (Å²) in [6.07, 6.45) is 2.74. The molecule has 1 saturated heterocycles. The van der Waals surface area contributed by atoms with Crippen molar-refractivity contribution in [2.75, 3.05) is 20.2 Å². The van der Waals surface area contributed by atoms with Crippen molar-refractivity contribution < 1.29 is 18.3 Å². The third-order valence-electron chi connectivity index (χ3n) is 5.47. The number of rotatable bonds is 3. The Balaban J connectivity index is 1.65. The van der Waals surface area contributed by atoms with Gasteiger partial charge in [0.2, 0.25) is 0 Å². The minimum Gasteiger partial charge on any atom is -0.493 e. The van der Waals surface area contributed by atoms with Crippen LogP contribution in [0.1, 0.15) is 41.1 Å². The van der Waals surface area contributed by atoms with Crippen molar-refractivity contribution in [1.82, 2.24) is 4.90 Å². The Morgan fingerprint density at radius 1 is 1.17 bits per heavy atom. The van der Waals surface area contributed by atoms with Crippen molar-refractivity contribution >= 4 is 16.9 Å². The molecule has 150 valence electrons. The Hall–Kier alpha value is -3.15. The zero-order valence-corrected chi connectivity index (χ0v) is 16.2. The zero-order chi connectivity index (χ0) is 20.4. The monoisotopic (exact) mass is 395 g/mol. The lowest BCUT2D eigenvalue weighted by atomic mass is 9.94. The van der Waals surface area contributed by atoms with E-state index in [-0.39, 0.29) is 23.2 Å². The highest BCUT2D eigenvalue weighted by molar-refractivity contribution is 5.97. The molecule has 1 fully saturated rings. The highest BCUT2D eigenvalue weighted by atomic mass is 19.1. The summed E-state index contributed by atoms with van der Waals surface area (Å²) in [7, 11) is 1.50. The van der Waals surface area contributed by atoms with Crippen LogP contribution in [0.25, 0.3) is 11.0 Å². The van der Waals surface area contributed by atoms with Gasteiger partial charge in [0, 0.05) is 24.4 Å². The van der Waals surface area contributed by atoms with Gasteiger partial charge in [-0.15, -0.1) is 0 Å². The summed E-state index contributed by atoms with van der Waals surface area (Å²) >= 11 is 0. The molecule has 1 amide bonds. The van der Waals surface area contributed by atoms with Crippen LogP contribution in [0.3, 0.4) is 0 Å². The zero-order valence-electron chi connectivity index (χ0n) is 16.2. The fraction of sp³-hybridized carbons (Fsp3) is 0.304. The molecule has 29 heavy (non-hydrogen) atoms. The molecule has 6 heteroatoms. The van der Waals surface area contributed by atoms with E-state index in [0.717, 1.165) is 24.8 Å². The van der Waals surface area contributed by atoms with Crippen LogP contribution in [0.5, 0.6) is 5.75 Å². The second kappa shape index (κ2) is 8.07. The van der Waals surface area contributed by atoms with Crippen LogP contribution in [-0.4, -0.2) is 31.0 Å². The lowest BCUT2D eigenvalue weighted by Gasteiger charge is -2.24. The average molecular weight is 395 g/mol. The minimum atomic E-state index is -0.672. The van der Waals surface area contributed by atoms with Crippen molar-refractivity contribution in [3.63, 3.8) is 0 Å². The largest absolute Gasteiger partial charge is 0.493 e. The second-order valence-corrected chi connectivity index (χ2v) is 7.32. The lowest BCUT2D eigenvalue weighted by molar-refractivity contribution is 0.0750. The van der Waals surface area contributed by atoms with Crippen LogP contribution in [0, 0.1) is 5.82 Å². The molecule has 2 aromatic carbocycles. The molecule has 5 nitrogen and oxygen atoms in total. The summed E-state index contributed by atoms with van der Waals surface area (Å²) in [6.45, 7) is 1.06. The van der Waals surface area contributed by atoms with Crippen molar-refractivity contribution in [3.05, 3.63) is 75.9 Å². The number of para-hydroxylation sites is 1. The van der Waals surface area contributed by atoms with Gasteiger partial charge in [-0.05, 0) is 42.7 Å². The highest BCUT2D eigenvalue weighted by Gasteiger charge is 2.26. The van der Waals surface area contributed by atoms with Gasteiger partial charge in [-0.3, -0.25) is 4.79 Å². The molecule has 1 aliphatic heterocycles. The summed E-state index contributed by atoms with van der Waals surface area (Å²) in [4.78, 5) is 27.4. The van der Waals surface area contributed by atoms with Gasteiger partial charge < -0.3 is 14.1 Å². The molecule has 1 aromatic heterocycles. The van der Waals surface area contributed by atoms with Crippen LogP contribution in [0.2, 0.25) is 0 Å². The van der Waals surface area contributed by atoms with Gasteiger partial charge in [-0.2, -0.15) is 0 Å². The van der Waals surface area contributed by atoms with E-state index in [1.54, 1.807) is 41.3 Å². The Morgan fingerprint density at radius 3 is 2.72 bits per heavy atom. The number of carbonyl (C=O) groups is 1. The van der Waals surface area contributed by atoms with Crippen molar-refractivity contribution in [3.8, 4) is 5.75 Å². The van der Waals surface area contributed by atoms with Crippen molar-refractivity contribution in [2.24, 2.45) is 0 Å². The molecule has 0 saturated carbocycles. The molecule has 4 rings (SSSR count). The van der Waals surface area contributed by atoms with Gasteiger partial charge >= 0.3 is 5.63 Å². The number of fused-ring (bicyclic) bond motifs is 1. The molecule has 0 aliphatic carbocycles. The van der Waals surface area contributed by atoms with Crippen LogP contribution in [0.4, 0.5) is 4.39 Å². The van der Waals surface area contributed by atoms with Crippen LogP contribution in [-0.2, 0) is 0 Å². The predicted octanol–water partition coefficient (Wildman–Crippen LogP) is 4.35. The highest BCUT2D eigenvalue weighted by Crippen LogP contribution is 2.28. The number of hydrogen-bond acceptors (Lipinski definition) is 4. The third kappa shape index (κ3) is 3.88. The van der Waals surface area contributed by atoms with E-state index in [4.69, 9.17) is 9.15 Å². The number of ether oxygens (including phenoxy) is 1. The summed E-state index contributed by atoms with van der Waals surface area (Å²) in [5, 5.41) is 0.636. The number of amides is 1. The fourth-order valence-electron chi connectivity index (χ4n) is 3.93. The van der Waals surface area contributed by atoms with E-state index in [0.29, 0.717) is 29.8 Å². The number of benzene rings is 2. The van der Waals surface area contributed by atoms with E-state index < -0.39 is 5.63 Å². The maximum Gasteiger partial charge on any atom is 0.349 e. The van der Waals surface area contributed by atoms with Gasteiger partial charge in [-0.25, -0.2) is 9.18 Å². The number of hydrogen-bond donors (Lipinski definition) is 0. The van der Waals surface area contributed by atoms with Crippen molar-refractivity contribution in [2.45, 2.75) is 25.2 Å². The maximum absolute atomic E-state index is 13.3. The van der Waals surface area contributed by atoms with Crippen LogP contribution >= 0.6 is 0 Å². The standard InChI is InChI=1S/C23H22FNO4/c1-28-20-7-4-6-16-13-19(23(27)29-21(16)20)22(26)25-12-3-2-5-17(14-25)15-8-10-18(24)11-9-15/h4,6-11,13,17H,2-3,5,12,14H2,1H3. The molecular weight excluding hydrogens is 373 g/mol. The van der Waals surface area contributed by atoms with Crippen LogP contribution < -0.4 is 10.4 Å². The number of halogens is 1. The first-order valence-corrected chi connectivity index (χ1v) is 9.72. The van der Waals surface area contributed by atoms with Gasteiger partial charge in [0.15, 0.2) is 11.3 Å². The van der Waals surface area contributed by atoms with E-state index in [1.807, 2.05) is 0 Å². The first-order valence-electron chi connectivity index (χ1n) is 9.72. The van der Waals surface area contributed by atoms with Crippen LogP contribution in [0.15, 0.2) is 57.7 Å². The molecule has 1 unspecified atom stereocenters. The number of carbonyl (C=O) groups excluding carboxylic acids is 1. The summed E-state index contributed by atoms with van der Waals surface area (Å²) in [5.41, 5.74) is 0.679. The fourth-order valence-corrected chi connectivity index (χ4v) is 3.93. The number of nitrogens with zero attached hydrogens (tertiary/aromatic N) is 1. The SMILES string of the molecule is COc1cccc2cc(C(=O)N3CCCCC(c4ccc(F)cc4)C3)c(=O)oc12. The molecule has 1 aliphatic rings. The topological polar surface area (TPSA) is 59.8 Å². The second-order valence-electron chi connectivity index (χ2n) is 7.32. The first-order chi connectivity index (χ1) is 14.1. The summed E-state index contributed by atoms with van der Waals surface area (Å²) in [5.74, 6) is -0.0589. The van der Waals surface area contributed by atoms with Gasteiger partial charge in [0.05, 0.1) is 7.11 Å². The van der Waals surface area contributed by atoms with Gasteiger partial charge in [-0.1, -0.05) is 30.7 Å². The molecule has 0 radical (unpaired) electrons. The maximum atomic E-state index is 13.3. The smallest absolute Gasteiger partial charge is 0.349 e. The minimum absolute atomic E-state index is 0.0190.